The van der Waals surface area contributed by atoms with Gasteiger partial charge in [0.15, 0.2) is 11.5 Å². The van der Waals surface area contributed by atoms with Crippen LogP contribution in [0.1, 0.15) is 45.6 Å². The molecule has 2 bridgehead atoms. The second-order valence-corrected chi connectivity index (χ2v) is 8.86. The van der Waals surface area contributed by atoms with Crippen molar-refractivity contribution in [3.8, 4) is 11.5 Å². The van der Waals surface area contributed by atoms with Crippen LogP contribution in [0.5, 0.6) is 11.5 Å². The maximum absolute atomic E-state index is 11.6. The molecule has 6 heteroatoms. The van der Waals surface area contributed by atoms with Crippen molar-refractivity contribution >= 4 is 5.69 Å². The number of fused-ring (bicyclic) bond motifs is 2. The number of nitro groups is 1. The molecule has 0 radical (unpaired) electrons. The Hall–Kier alpha value is -1.82. The summed E-state index contributed by atoms with van der Waals surface area (Å²) in [6.07, 6.45) is 3.62. The summed E-state index contributed by atoms with van der Waals surface area (Å²) in [6, 6.07) is 3.84. The monoisotopic (exact) mass is 349 g/mol. The van der Waals surface area contributed by atoms with Crippen LogP contribution in [0.4, 0.5) is 5.69 Å². The Morgan fingerprint density at radius 2 is 1.84 bits per heavy atom. The zero-order chi connectivity index (χ0) is 18.4. The maximum atomic E-state index is 11.6. The number of hydrogen-bond donors (Lipinski definition) is 1. The molecule has 1 saturated carbocycles. The lowest BCUT2D eigenvalue weighted by Gasteiger charge is -2.37. The molecule has 0 aromatic heterocycles. The van der Waals surface area contributed by atoms with Gasteiger partial charge in [0.1, 0.15) is 6.54 Å². The minimum absolute atomic E-state index is 0.121. The summed E-state index contributed by atoms with van der Waals surface area (Å²) >= 11 is 0. The minimum Gasteiger partial charge on any atom is -0.493 e. The van der Waals surface area contributed by atoms with E-state index in [-0.39, 0.29) is 10.6 Å². The van der Waals surface area contributed by atoms with Crippen LogP contribution in [0.2, 0.25) is 0 Å². The van der Waals surface area contributed by atoms with Gasteiger partial charge < -0.3 is 14.4 Å². The zero-order valence-electron chi connectivity index (χ0n) is 15.8. The third-order valence-electron chi connectivity index (χ3n) is 5.87. The summed E-state index contributed by atoms with van der Waals surface area (Å²) in [5.74, 6) is 0.956. The first-order chi connectivity index (χ1) is 11.7. The van der Waals surface area contributed by atoms with Crippen molar-refractivity contribution in [2.45, 2.75) is 52.6 Å². The lowest BCUT2D eigenvalue weighted by atomic mass is 9.65. The van der Waals surface area contributed by atoms with Crippen LogP contribution in [-0.2, 0) is 6.54 Å². The molecule has 0 spiro atoms. The predicted molar refractivity (Wildman–Crippen MR) is 95.3 cm³/mol. The van der Waals surface area contributed by atoms with Gasteiger partial charge in [-0.15, -0.1) is 0 Å². The van der Waals surface area contributed by atoms with Crippen molar-refractivity contribution < 1.29 is 19.3 Å². The van der Waals surface area contributed by atoms with Crippen molar-refractivity contribution in [2.24, 2.45) is 10.8 Å². The van der Waals surface area contributed by atoms with Gasteiger partial charge in [-0.3, -0.25) is 10.1 Å². The molecular weight excluding hydrogens is 320 g/mol. The fourth-order valence-electron chi connectivity index (χ4n) is 5.42. The van der Waals surface area contributed by atoms with E-state index in [1.165, 1.54) is 37.3 Å². The molecule has 138 valence electrons. The van der Waals surface area contributed by atoms with Gasteiger partial charge in [-0.05, 0) is 17.9 Å². The van der Waals surface area contributed by atoms with Crippen molar-refractivity contribution in [1.29, 1.82) is 0 Å². The van der Waals surface area contributed by atoms with E-state index in [0.29, 0.717) is 34.9 Å². The summed E-state index contributed by atoms with van der Waals surface area (Å²) in [5.41, 5.74) is 1.54. The Balaban J connectivity index is 1.91. The molecule has 25 heavy (non-hydrogen) atoms. The largest absolute Gasteiger partial charge is 0.493 e. The molecule has 1 N–H and O–H groups in total. The SMILES string of the molecule is COc1cc(C[NH+]2C[C@@]3(C)C[C@@H]2CC(C)(C)C3)c([N+](=O)[O-])cc1OC. The highest BCUT2D eigenvalue weighted by Gasteiger charge is 2.52. The van der Waals surface area contributed by atoms with Crippen molar-refractivity contribution in [3.63, 3.8) is 0 Å². The van der Waals surface area contributed by atoms with Gasteiger partial charge in [-0.1, -0.05) is 20.8 Å². The van der Waals surface area contributed by atoms with Crippen molar-refractivity contribution in [3.05, 3.63) is 27.8 Å². The Labute approximate surface area is 149 Å². The second-order valence-electron chi connectivity index (χ2n) is 8.86. The third kappa shape index (κ3) is 3.45. The molecule has 1 aromatic carbocycles. The van der Waals surface area contributed by atoms with Gasteiger partial charge in [0, 0.05) is 18.3 Å². The van der Waals surface area contributed by atoms with Gasteiger partial charge in [-0.2, -0.15) is 0 Å². The molecule has 6 nitrogen and oxygen atoms in total. The molecule has 1 aliphatic carbocycles. The third-order valence-corrected chi connectivity index (χ3v) is 5.87. The van der Waals surface area contributed by atoms with E-state index >= 15 is 0 Å². The lowest BCUT2D eigenvalue weighted by Crippen LogP contribution is -3.12. The van der Waals surface area contributed by atoms with Gasteiger partial charge >= 0.3 is 0 Å². The Kier molecular flexibility index (Phi) is 4.43. The lowest BCUT2D eigenvalue weighted by molar-refractivity contribution is -0.928. The van der Waals surface area contributed by atoms with Crippen LogP contribution in [0.25, 0.3) is 0 Å². The van der Waals surface area contributed by atoms with E-state index in [9.17, 15) is 10.1 Å². The molecule has 3 atom stereocenters. The molecule has 2 fully saturated rings. The summed E-state index contributed by atoms with van der Waals surface area (Å²) < 4.78 is 10.6. The first kappa shape index (κ1) is 18.0. The van der Waals surface area contributed by atoms with Crippen LogP contribution < -0.4 is 14.4 Å². The number of nitro benzene ring substituents is 1. The summed E-state index contributed by atoms with van der Waals surface area (Å²) in [4.78, 5) is 12.7. The first-order valence-corrected chi connectivity index (χ1v) is 8.90. The second kappa shape index (κ2) is 6.16. The number of methoxy groups -OCH3 is 2. The topological polar surface area (TPSA) is 66.0 Å². The molecule has 1 aromatic rings. The highest BCUT2D eigenvalue weighted by atomic mass is 16.6. The molecule has 1 unspecified atom stereocenters. The van der Waals surface area contributed by atoms with E-state index in [0.717, 1.165) is 12.1 Å². The maximum Gasteiger partial charge on any atom is 0.282 e. The van der Waals surface area contributed by atoms with Crippen LogP contribution in [0, 0.1) is 20.9 Å². The smallest absolute Gasteiger partial charge is 0.282 e. The summed E-state index contributed by atoms with van der Waals surface area (Å²) in [7, 11) is 3.06. The first-order valence-electron chi connectivity index (χ1n) is 8.90. The van der Waals surface area contributed by atoms with Gasteiger partial charge in [0.2, 0.25) is 0 Å². The van der Waals surface area contributed by atoms with Gasteiger partial charge in [0.25, 0.3) is 5.69 Å². The Bertz CT molecular complexity index is 688. The standard InChI is InChI=1S/C19H28N2O4/c1-18(2)8-14-9-19(3,11-18)12-20(14)10-13-6-16(24-4)17(25-5)7-15(13)21(22)23/h6-7,14H,8-12H2,1-5H3/p+1/t14-,19-/m0/s1. The minimum atomic E-state index is -0.315. The quantitative estimate of drug-likeness (QED) is 0.655. The molecule has 0 amide bonds. The number of rotatable bonds is 5. The molecule has 3 rings (SSSR count). The molecule has 2 aliphatic rings. The van der Waals surface area contributed by atoms with Crippen LogP contribution in [-0.4, -0.2) is 31.7 Å². The number of ether oxygens (including phenoxy) is 2. The average Bonchev–Trinajstić information content (AvgIpc) is 2.74. The van der Waals surface area contributed by atoms with Crippen molar-refractivity contribution in [2.75, 3.05) is 20.8 Å². The predicted octanol–water partition coefficient (Wildman–Crippen LogP) is 2.60. The number of likely N-dealkylation sites (tertiary alicyclic amines) is 1. The number of nitrogens with zero attached hydrogens (tertiary/aromatic N) is 1. The van der Waals surface area contributed by atoms with E-state index in [1.807, 2.05) is 0 Å². The Morgan fingerprint density at radius 1 is 1.20 bits per heavy atom. The summed E-state index contributed by atoms with van der Waals surface area (Å²) in [5, 5.41) is 11.6. The number of benzene rings is 1. The Morgan fingerprint density at radius 3 is 2.44 bits per heavy atom. The van der Waals surface area contributed by atoms with Crippen molar-refractivity contribution in [1.82, 2.24) is 0 Å². The molecule has 1 saturated heterocycles. The zero-order valence-corrected chi connectivity index (χ0v) is 15.8. The number of hydrogen-bond acceptors (Lipinski definition) is 4. The molecular formula is C19H29N2O4+. The van der Waals surface area contributed by atoms with E-state index in [2.05, 4.69) is 20.8 Å². The van der Waals surface area contributed by atoms with Crippen LogP contribution in [0.15, 0.2) is 12.1 Å². The van der Waals surface area contributed by atoms with Crippen LogP contribution >= 0.6 is 0 Å². The van der Waals surface area contributed by atoms with E-state index in [4.69, 9.17) is 9.47 Å². The number of nitrogens with one attached hydrogen (secondary N) is 1. The molecule has 1 aliphatic heterocycles. The number of quaternary nitrogens is 1. The van der Waals surface area contributed by atoms with E-state index < -0.39 is 0 Å². The summed E-state index contributed by atoms with van der Waals surface area (Å²) in [6.45, 7) is 8.80. The fraction of sp³-hybridized carbons (Fsp3) is 0.684. The normalized spacial score (nSPS) is 30.1. The average molecular weight is 349 g/mol. The highest BCUT2D eigenvalue weighted by Crippen LogP contribution is 2.47. The molecule has 1 heterocycles. The highest BCUT2D eigenvalue weighted by molar-refractivity contribution is 5.54. The van der Waals surface area contributed by atoms with Crippen LogP contribution in [0.3, 0.4) is 0 Å². The fourth-order valence-corrected chi connectivity index (χ4v) is 5.42. The van der Waals surface area contributed by atoms with E-state index in [1.54, 1.807) is 13.2 Å². The van der Waals surface area contributed by atoms with Gasteiger partial charge in [-0.25, -0.2) is 0 Å². The van der Waals surface area contributed by atoms with Gasteiger partial charge in [0.05, 0.1) is 43.4 Å².